The summed E-state index contributed by atoms with van der Waals surface area (Å²) in [6.45, 7) is 6.71. The average Bonchev–Trinajstić information content (AvgIpc) is 3.12. The van der Waals surface area contributed by atoms with Crippen LogP contribution in [-0.2, 0) is 4.74 Å². The third-order valence-electron chi connectivity index (χ3n) is 5.39. The number of rotatable bonds is 6. The summed E-state index contributed by atoms with van der Waals surface area (Å²) in [6.07, 6.45) is 0.620. The average molecular weight is 389 g/mol. The van der Waals surface area contributed by atoms with E-state index in [0.29, 0.717) is 6.61 Å². The van der Waals surface area contributed by atoms with Gasteiger partial charge in [-0.05, 0) is 50.6 Å². The lowest BCUT2D eigenvalue weighted by molar-refractivity contribution is -0.0107. The molecule has 29 heavy (non-hydrogen) atoms. The Kier molecular flexibility index (Phi) is 5.86. The second-order valence-electron chi connectivity index (χ2n) is 7.90. The monoisotopic (exact) mass is 388 g/mol. The molecule has 1 saturated heterocycles. The molecule has 3 heteroatoms. The summed E-state index contributed by atoms with van der Waals surface area (Å²) >= 11 is 0. The van der Waals surface area contributed by atoms with Gasteiger partial charge < -0.3 is 14.2 Å². The third kappa shape index (κ3) is 4.99. The molecule has 0 amide bonds. The molecule has 0 saturated carbocycles. The molecule has 0 unspecified atom stereocenters. The Hall–Kier alpha value is -2.78. The molecule has 3 atom stereocenters. The summed E-state index contributed by atoms with van der Waals surface area (Å²) in [5, 5.41) is 0. The summed E-state index contributed by atoms with van der Waals surface area (Å²) in [7, 11) is 0. The van der Waals surface area contributed by atoms with Crippen LogP contribution < -0.4 is 9.47 Å². The van der Waals surface area contributed by atoms with Crippen LogP contribution in [0.15, 0.2) is 72.8 Å². The predicted octanol–water partition coefficient (Wildman–Crippen LogP) is 5.97. The lowest BCUT2D eigenvalue weighted by Crippen LogP contribution is -2.32. The van der Waals surface area contributed by atoms with Crippen molar-refractivity contribution in [3.63, 3.8) is 0 Å². The fraction of sp³-hybridized carbons (Fsp3) is 0.308. The van der Waals surface area contributed by atoms with Crippen molar-refractivity contribution in [3.8, 4) is 11.5 Å². The molecule has 3 nitrogen and oxygen atoms in total. The van der Waals surface area contributed by atoms with Gasteiger partial charge in [0.15, 0.2) is 0 Å². The lowest BCUT2D eigenvalue weighted by Gasteiger charge is -2.20. The van der Waals surface area contributed by atoms with Crippen molar-refractivity contribution < 1.29 is 14.2 Å². The van der Waals surface area contributed by atoms with Crippen molar-refractivity contribution in [3.05, 3.63) is 95.1 Å². The van der Waals surface area contributed by atoms with Gasteiger partial charge in [-0.1, -0.05) is 65.2 Å². The normalized spacial score (nSPS) is 21.1. The van der Waals surface area contributed by atoms with E-state index in [-0.39, 0.29) is 18.3 Å². The standard InChI is InChI=1S/C26H28O3/c1-18-4-10-21(11-5-18)24-16-25(28-23-14-8-20(3)9-15-23)26(29-24)17-27-22-12-6-19(2)7-13-22/h4-15,24-26H,16-17H2,1-3H3/t24-,25-,26+/m0/s1. The van der Waals surface area contributed by atoms with Crippen molar-refractivity contribution in [1.29, 1.82) is 0 Å². The van der Waals surface area contributed by atoms with Crippen molar-refractivity contribution >= 4 is 0 Å². The maximum atomic E-state index is 6.39. The van der Waals surface area contributed by atoms with Crippen LogP contribution in [-0.4, -0.2) is 18.8 Å². The van der Waals surface area contributed by atoms with Gasteiger partial charge in [-0.15, -0.1) is 0 Å². The van der Waals surface area contributed by atoms with Gasteiger partial charge in [0, 0.05) is 6.42 Å². The molecule has 0 N–H and O–H groups in total. The van der Waals surface area contributed by atoms with E-state index in [1.807, 2.05) is 24.3 Å². The Morgan fingerprint density at radius 1 is 0.724 bits per heavy atom. The highest BCUT2D eigenvalue weighted by molar-refractivity contribution is 5.28. The summed E-state index contributed by atoms with van der Waals surface area (Å²) in [6, 6.07) is 24.8. The van der Waals surface area contributed by atoms with Crippen LogP contribution in [0.4, 0.5) is 0 Å². The van der Waals surface area contributed by atoms with Crippen molar-refractivity contribution in [2.45, 2.75) is 45.5 Å². The van der Waals surface area contributed by atoms with Crippen LogP contribution in [0.1, 0.15) is 34.8 Å². The van der Waals surface area contributed by atoms with Crippen LogP contribution in [0.5, 0.6) is 11.5 Å². The molecule has 4 rings (SSSR count). The Labute approximate surface area is 173 Å². The molecular formula is C26H28O3. The summed E-state index contributed by atoms with van der Waals surface area (Å²) in [4.78, 5) is 0. The van der Waals surface area contributed by atoms with Gasteiger partial charge in [-0.2, -0.15) is 0 Å². The lowest BCUT2D eigenvalue weighted by atomic mass is 10.0. The third-order valence-corrected chi connectivity index (χ3v) is 5.39. The number of hydrogen-bond acceptors (Lipinski definition) is 3. The maximum Gasteiger partial charge on any atom is 0.131 e. The molecule has 0 spiro atoms. The zero-order chi connectivity index (χ0) is 20.2. The summed E-state index contributed by atoms with van der Waals surface area (Å²) in [5.41, 5.74) is 4.87. The van der Waals surface area contributed by atoms with Gasteiger partial charge in [0.1, 0.15) is 30.3 Å². The van der Waals surface area contributed by atoms with Crippen molar-refractivity contribution in [2.24, 2.45) is 0 Å². The maximum absolute atomic E-state index is 6.39. The smallest absolute Gasteiger partial charge is 0.131 e. The van der Waals surface area contributed by atoms with Gasteiger partial charge >= 0.3 is 0 Å². The quantitative estimate of drug-likeness (QED) is 0.521. The molecule has 1 aliphatic heterocycles. The van der Waals surface area contributed by atoms with E-state index < -0.39 is 0 Å². The van der Waals surface area contributed by atoms with Crippen molar-refractivity contribution in [2.75, 3.05) is 6.61 Å². The zero-order valence-corrected chi connectivity index (χ0v) is 17.3. The highest BCUT2D eigenvalue weighted by Crippen LogP contribution is 2.36. The first kappa shape index (κ1) is 19.5. The number of benzene rings is 3. The van der Waals surface area contributed by atoms with E-state index in [4.69, 9.17) is 14.2 Å². The van der Waals surface area contributed by atoms with Gasteiger partial charge in [0.2, 0.25) is 0 Å². The van der Waals surface area contributed by atoms with E-state index in [9.17, 15) is 0 Å². The number of hydrogen-bond donors (Lipinski definition) is 0. The summed E-state index contributed by atoms with van der Waals surface area (Å²) in [5.74, 6) is 1.72. The fourth-order valence-electron chi connectivity index (χ4n) is 3.59. The molecule has 1 heterocycles. The molecule has 0 bridgehead atoms. The minimum atomic E-state index is -0.135. The molecule has 0 aromatic heterocycles. The molecular weight excluding hydrogens is 360 g/mol. The second-order valence-corrected chi connectivity index (χ2v) is 7.90. The Morgan fingerprint density at radius 3 is 1.83 bits per heavy atom. The minimum Gasteiger partial charge on any atom is -0.491 e. The molecule has 3 aromatic rings. The van der Waals surface area contributed by atoms with Gasteiger partial charge in [-0.25, -0.2) is 0 Å². The molecule has 0 aliphatic carbocycles. The molecule has 1 aliphatic rings. The van der Waals surface area contributed by atoms with E-state index in [1.165, 1.54) is 22.3 Å². The first-order valence-electron chi connectivity index (χ1n) is 10.2. The molecule has 1 fully saturated rings. The Morgan fingerprint density at radius 2 is 1.24 bits per heavy atom. The molecule has 150 valence electrons. The topological polar surface area (TPSA) is 27.7 Å². The van der Waals surface area contributed by atoms with Crippen LogP contribution in [0.25, 0.3) is 0 Å². The number of aryl methyl sites for hydroxylation is 3. The summed E-state index contributed by atoms with van der Waals surface area (Å²) < 4.78 is 18.7. The molecule has 3 aromatic carbocycles. The van der Waals surface area contributed by atoms with E-state index in [0.717, 1.165) is 17.9 Å². The van der Waals surface area contributed by atoms with Gasteiger partial charge in [0.05, 0.1) is 6.10 Å². The largest absolute Gasteiger partial charge is 0.491 e. The predicted molar refractivity (Wildman–Crippen MR) is 116 cm³/mol. The van der Waals surface area contributed by atoms with E-state index >= 15 is 0 Å². The first-order valence-corrected chi connectivity index (χ1v) is 10.2. The van der Waals surface area contributed by atoms with Crippen LogP contribution in [0.3, 0.4) is 0 Å². The zero-order valence-electron chi connectivity index (χ0n) is 17.3. The highest BCUT2D eigenvalue weighted by atomic mass is 16.6. The van der Waals surface area contributed by atoms with E-state index in [1.54, 1.807) is 0 Å². The van der Waals surface area contributed by atoms with E-state index in [2.05, 4.69) is 69.3 Å². The Balaban J connectivity index is 1.48. The second kappa shape index (κ2) is 8.71. The number of ether oxygens (including phenoxy) is 3. The van der Waals surface area contributed by atoms with Crippen molar-refractivity contribution in [1.82, 2.24) is 0 Å². The fourth-order valence-corrected chi connectivity index (χ4v) is 3.59. The van der Waals surface area contributed by atoms with Gasteiger partial charge in [-0.3, -0.25) is 0 Å². The SMILES string of the molecule is Cc1ccc(OC[C@H]2O[C@H](c3ccc(C)cc3)C[C@@H]2Oc2ccc(C)cc2)cc1. The molecule has 0 radical (unpaired) electrons. The Bertz CT molecular complexity index is 914. The minimum absolute atomic E-state index is 0.0117. The highest BCUT2D eigenvalue weighted by Gasteiger charge is 2.38. The first-order chi connectivity index (χ1) is 14.1. The van der Waals surface area contributed by atoms with Crippen LogP contribution >= 0.6 is 0 Å². The van der Waals surface area contributed by atoms with Gasteiger partial charge in [0.25, 0.3) is 0 Å². The van der Waals surface area contributed by atoms with Crippen LogP contribution in [0.2, 0.25) is 0 Å². The van der Waals surface area contributed by atoms with Crippen LogP contribution in [0, 0.1) is 20.8 Å².